The number of ether oxygens (including phenoxy) is 1. The molecule has 0 aromatic rings. The number of rotatable bonds is 6. The molecule has 0 bridgehead atoms. The molecule has 15 heavy (non-hydrogen) atoms. The first-order valence-corrected chi connectivity index (χ1v) is 6.68. The van der Waals surface area contributed by atoms with Crippen LogP contribution < -0.4 is 0 Å². The molecular formula is C10H18O4S. The third-order valence-electron chi connectivity index (χ3n) is 2.58. The van der Waals surface area contributed by atoms with Crippen molar-refractivity contribution >= 4 is 16.8 Å². The maximum atomic E-state index is 11.6. The number of carboxylic acid groups (broad SMARTS) is 1. The Bertz CT molecular complexity index is 236. The molecule has 0 amide bonds. The van der Waals surface area contributed by atoms with Gasteiger partial charge in [0, 0.05) is 28.4 Å². The van der Waals surface area contributed by atoms with E-state index in [1.807, 2.05) is 0 Å². The van der Waals surface area contributed by atoms with E-state index >= 15 is 0 Å². The first kappa shape index (κ1) is 12.6. The van der Waals surface area contributed by atoms with E-state index < -0.39 is 16.8 Å². The van der Waals surface area contributed by atoms with Crippen molar-refractivity contribution in [3.05, 3.63) is 0 Å². The van der Waals surface area contributed by atoms with Crippen LogP contribution in [0.25, 0.3) is 0 Å². The number of carbonyl (C=O) groups is 1. The smallest absolute Gasteiger partial charge is 0.304 e. The molecule has 0 radical (unpaired) electrons. The first-order valence-electron chi connectivity index (χ1n) is 5.30. The van der Waals surface area contributed by atoms with Gasteiger partial charge in [0.1, 0.15) is 0 Å². The highest BCUT2D eigenvalue weighted by molar-refractivity contribution is 7.85. The lowest BCUT2D eigenvalue weighted by Gasteiger charge is -2.11. The van der Waals surface area contributed by atoms with Gasteiger partial charge in [-0.25, -0.2) is 0 Å². The normalized spacial score (nSPS) is 25.0. The minimum atomic E-state index is -1.04. The Morgan fingerprint density at radius 2 is 2.40 bits per heavy atom. The SMILES string of the molecule is CC(CC(=O)O)S(=O)CCC1CCCO1. The quantitative estimate of drug-likeness (QED) is 0.749. The van der Waals surface area contributed by atoms with Crippen LogP contribution in [0.3, 0.4) is 0 Å². The fraction of sp³-hybridized carbons (Fsp3) is 0.900. The second-order valence-corrected chi connectivity index (χ2v) is 5.89. The Kier molecular flexibility index (Phi) is 5.25. The minimum absolute atomic E-state index is 0.0157. The zero-order valence-electron chi connectivity index (χ0n) is 8.98. The summed E-state index contributed by atoms with van der Waals surface area (Å²) in [6.45, 7) is 2.53. The van der Waals surface area contributed by atoms with E-state index in [0.717, 1.165) is 25.9 Å². The van der Waals surface area contributed by atoms with E-state index in [1.54, 1.807) is 6.92 Å². The molecule has 4 nitrogen and oxygen atoms in total. The van der Waals surface area contributed by atoms with Crippen molar-refractivity contribution < 1.29 is 18.8 Å². The molecule has 0 saturated carbocycles. The van der Waals surface area contributed by atoms with E-state index in [-0.39, 0.29) is 17.8 Å². The van der Waals surface area contributed by atoms with Gasteiger partial charge in [0.15, 0.2) is 0 Å². The molecule has 3 unspecified atom stereocenters. The summed E-state index contributed by atoms with van der Waals surface area (Å²) in [7, 11) is -1.04. The molecule has 1 saturated heterocycles. The van der Waals surface area contributed by atoms with Gasteiger partial charge >= 0.3 is 5.97 Å². The maximum Gasteiger partial charge on any atom is 0.304 e. The van der Waals surface area contributed by atoms with Crippen molar-refractivity contribution in [3.8, 4) is 0 Å². The van der Waals surface area contributed by atoms with Gasteiger partial charge in [0.25, 0.3) is 0 Å². The van der Waals surface area contributed by atoms with E-state index in [9.17, 15) is 9.00 Å². The average Bonchev–Trinajstić information content (AvgIpc) is 2.65. The largest absolute Gasteiger partial charge is 0.481 e. The van der Waals surface area contributed by atoms with Crippen LogP contribution in [0.15, 0.2) is 0 Å². The van der Waals surface area contributed by atoms with Crippen LogP contribution in [-0.4, -0.2) is 39.0 Å². The first-order chi connectivity index (χ1) is 7.09. The molecule has 88 valence electrons. The highest BCUT2D eigenvalue weighted by Gasteiger charge is 2.19. The van der Waals surface area contributed by atoms with Gasteiger partial charge in [-0.1, -0.05) is 6.92 Å². The summed E-state index contributed by atoms with van der Waals surface area (Å²) in [4.78, 5) is 10.4. The van der Waals surface area contributed by atoms with Gasteiger partial charge in [-0.15, -0.1) is 0 Å². The second kappa shape index (κ2) is 6.23. The fourth-order valence-corrected chi connectivity index (χ4v) is 2.89. The maximum absolute atomic E-state index is 11.6. The highest BCUT2D eigenvalue weighted by Crippen LogP contribution is 2.16. The molecular weight excluding hydrogens is 216 g/mol. The summed E-state index contributed by atoms with van der Waals surface area (Å²) < 4.78 is 17.0. The third kappa shape index (κ3) is 4.75. The zero-order chi connectivity index (χ0) is 11.3. The average molecular weight is 234 g/mol. The Labute approximate surface area is 92.5 Å². The summed E-state index contributed by atoms with van der Waals surface area (Å²) in [5.74, 6) is -0.327. The Balaban J connectivity index is 2.19. The van der Waals surface area contributed by atoms with Gasteiger partial charge in [0.05, 0.1) is 12.5 Å². The van der Waals surface area contributed by atoms with Crippen LogP contribution >= 0.6 is 0 Å². The zero-order valence-corrected chi connectivity index (χ0v) is 9.79. The lowest BCUT2D eigenvalue weighted by atomic mass is 10.2. The monoisotopic (exact) mass is 234 g/mol. The predicted molar refractivity (Wildman–Crippen MR) is 58.3 cm³/mol. The van der Waals surface area contributed by atoms with Gasteiger partial charge < -0.3 is 9.84 Å². The molecule has 1 N–H and O–H groups in total. The number of hydrogen-bond donors (Lipinski definition) is 1. The van der Waals surface area contributed by atoms with Crippen molar-refractivity contribution in [2.45, 2.75) is 44.0 Å². The molecule has 0 aromatic heterocycles. The van der Waals surface area contributed by atoms with Crippen LogP contribution in [-0.2, 0) is 20.3 Å². The lowest BCUT2D eigenvalue weighted by Crippen LogP contribution is -2.20. The van der Waals surface area contributed by atoms with Gasteiger partial charge in [0.2, 0.25) is 0 Å². The van der Waals surface area contributed by atoms with Crippen molar-refractivity contribution in [1.82, 2.24) is 0 Å². The summed E-state index contributed by atoms with van der Waals surface area (Å²) >= 11 is 0. The molecule has 1 fully saturated rings. The van der Waals surface area contributed by atoms with E-state index in [2.05, 4.69) is 0 Å². The van der Waals surface area contributed by atoms with Gasteiger partial charge in [-0.2, -0.15) is 0 Å². The summed E-state index contributed by atoms with van der Waals surface area (Å²) in [6, 6.07) is 0. The van der Waals surface area contributed by atoms with Gasteiger partial charge in [-0.3, -0.25) is 9.00 Å². The van der Waals surface area contributed by atoms with Crippen LogP contribution in [0.1, 0.15) is 32.6 Å². The molecule has 0 spiro atoms. The van der Waals surface area contributed by atoms with Crippen molar-refractivity contribution in [1.29, 1.82) is 0 Å². The molecule has 3 atom stereocenters. The van der Waals surface area contributed by atoms with Crippen molar-refractivity contribution in [2.75, 3.05) is 12.4 Å². The van der Waals surface area contributed by atoms with Crippen LogP contribution in [0.5, 0.6) is 0 Å². The standard InChI is InChI=1S/C10H18O4S/c1-8(7-10(11)12)15(13)6-4-9-3-2-5-14-9/h8-9H,2-7H2,1H3,(H,11,12). The third-order valence-corrected chi connectivity index (χ3v) is 4.28. The molecule has 1 aliphatic heterocycles. The van der Waals surface area contributed by atoms with E-state index in [0.29, 0.717) is 5.75 Å². The van der Waals surface area contributed by atoms with Crippen LogP contribution in [0.4, 0.5) is 0 Å². The molecule has 0 aromatic carbocycles. The highest BCUT2D eigenvalue weighted by atomic mass is 32.2. The topological polar surface area (TPSA) is 63.6 Å². The van der Waals surface area contributed by atoms with Crippen LogP contribution in [0.2, 0.25) is 0 Å². The van der Waals surface area contributed by atoms with Crippen molar-refractivity contribution in [2.24, 2.45) is 0 Å². The number of hydrogen-bond acceptors (Lipinski definition) is 3. The Hall–Kier alpha value is -0.420. The molecule has 1 aliphatic rings. The molecule has 5 heteroatoms. The van der Waals surface area contributed by atoms with Gasteiger partial charge in [-0.05, 0) is 19.3 Å². The molecule has 1 rings (SSSR count). The molecule has 1 heterocycles. The van der Waals surface area contributed by atoms with Crippen molar-refractivity contribution in [3.63, 3.8) is 0 Å². The van der Waals surface area contributed by atoms with E-state index in [4.69, 9.17) is 9.84 Å². The fourth-order valence-electron chi connectivity index (χ4n) is 1.66. The number of carboxylic acids is 1. The minimum Gasteiger partial charge on any atom is -0.481 e. The summed E-state index contributed by atoms with van der Waals surface area (Å²) in [6.07, 6.45) is 3.15. The lowest BCUT2D eigenvalue weighted by molar-refractivity contribution is -0.136. The summed E-state index contributed by atoms with van der Waals surface area (Å²) in [5.41, 5.74) is 0. The summed E-state index contributed by atoms with van der Waals surface area (Å²) in [5, 5.41) is 8.29. The molecule has 0 aliphatic carbocycles. The van der Waals surface area contributed by atoms with E-state index in [1.165, 1.54) is 0 Å². The number of aliphatic carboxylic acids is 1. The second-order valence-electron chi connectivity index (χ2n) is 3.92. The Morgan fingerprint density at radius 1 is 1.67 bits per heavy atom. The Morgan fingerprint density at radius 3 is 2.93 bits per heavy atom. The van der Waals surface area contributed by atoms with Crippen LogP contribution in [0, 0.1) is 0 Å². The predicted octanol–water partition coefficient (Wildman–Crippen LogP) is 1.17.